The number of pyridine rings is 1. The summed E-state index contributed by atoms with van der Waals surface area (Å²) in [6.45, 7) is 2.47. The average Bonchev–Trinajstić information content (AvgIpc) is 3.37. The SMILES string of the molecule is CNC(C)C(=O)NC(C(=O)N1CCCC1c1cc(-c2ccc(F)cc2)ccn1)C1CCCCC1. The van der Waals surface area contributed by atoms with Crippen LogP contribution in [0.3, 0.4) is 0 Å². The third-order valence-corrected chi connectivity index (χ3v) is 7.35. The fourth-order valence-electron chi connectivity index (χ4n) is 5.23. The van der Waals surface area contributed by atoms with Crippen molar-refractivity contribution in [1.29, 1.82) is 0 Å². The number of rotatable bonds is 7. The molecule has 6 nitrogen and oxygen atoms in total. The van der Waals surface area contributed by atoms with E-state index in [4.69, 9.17) is 0 Å². The van der Waals surface area contributed by atoms with Gasteiger partial charge in [-0.3, -0.25) is 14.6 Å². The lowest BCUT2D eigenvalue weighted by molar-refractivity contribution is -0.139. The predicted octanol–water partition coefficient (Wildman–Crippen LogP) is 4.22. The van der Waals surface area contributed by atoms with Crippen molar-refractivity contribution in [1.82, 2.24) is 20.5 Å². The minimum Gasteiger partial charge on any atom is -0.343 e. The molecule has 0 bridgehead atoms. The third kappa shape index (κ3) is 5.46. The van der Waals surface area contributed by atoms with Crippen LogP contribution in [0.4, 0.5) is 4.39 Å². The van der Waals surface area contributed by atoms with Crippen LogP contribution in [0, 0.1) is 11.7 Å². The van der Waals surface area contributed by atoms with Gasteiger partial charge in [0.05, 0.1) is 17.8 Å². The van der Waals surface area contributed by atoms with E-state index in [0.29, 0.717) is 6.54 Å². The van der Waals surface area contributed by atoms with Crippen molar-refractivity contribution in [3.8, 4) is 11.1 Å². The molecule has 2 aliphatic rings. The van der Waals surface area contributed by atoms with Gasteiger partial charge in [-0.2, -0.15) is 0 Å². The topological polar surface area (TPSA) is 74.3 Å². The van der Waals surface area contributed by atoms with Gasteiger partial charge in [0, 0.05) is 12.7 Å². The molecule has 2 N–H and O–H groups in total. The van der Waals surface area contributed by atoms with Gasteiger partial charge >= 0.3 is 0 Å². The number of halogens is 1. The number of nitrogens with one attached hydrogen (secondary N) is 2. The summed E-state index contributed by atoms with van der Waals surface area (Å²) in [5.74, 6) is -0.248. The Hall–Kier alpha value is -2.80. The summed E-state index contributed by atoms with van der Waals surface area (Å²) in [6, 6.07) is 9.31. The van der Waals surface area contributed by atoms with Crippen LogP contribution in [0.1, 0.15) is 63.6 Å². The lowest BCUT2D eigenvalue weighted by Gasteiger charge is -2.35. The summed E-state index contributed by atoms with van der Waals surface area (Å²) < 4.78 is 13.4. The van der Waals surface area contributed by atoms with Crippen molar-refractivity contribution in [2.75, 3.05) is 13.6 Å². The van der Waals surface area contributed by atoms with E-state index in [1.807, 2.05) is 17.0 Å². The maximum absolute atomic E-state index is 13.9. The summed E-state index contributed by atoms with van der Waals surface area (Å²) in [5.41, 5.74) is 2.70. The molecule has 1 saturated heterocycles. The Bertz CT molecular complexity index is 990. The molecule has 1 aromatic heterocycles. The second kappa shape index (κ2) is 11.1. The van der Waals surface area contributed by atoms with Crippen LogP contribution in [0.25, 0.3) is 11.1 Å². The first-order valence-electron chi connectivity index (χ1n) is 12.5. The Morgan fingerprint density at radius 1 is 1.03 bits per heavy atom. The van der Waals surface area contributed by atoms with Crippen molar-refractivity contribution >= 4 is 11.8 Å². The third-order valence-electron chi connectivity index (χ3n) is 7.35. The predicted molar refractivity (Wildman–Crippen MR) is 130 cm³/mol. The largest absolute Gasteiger partial charge is 0.343 e. The highest BCUT2D eigenvalue weighted by Gasteiger charge is 2.39. The number of hydrogen-bond acceptors (Lipinski definition) is 4. The van der Waals surface area contributed by atoms with E-state index in [2.05, 4.69) is 15.6 Å². The monoisotopic (exact) mass is 466 g/mol. The lowest BCUT2D eigenvalue weighted by atomic mass is 9.83. The molecule has 0 radical (unpaired) electrons. The first-order chi connectivity index (χ1) is 16.5. The van der Waals surface area contributed by atoms with Crippen molar-refractivity contribution in [2.24, 2.45) is 5.92 Å². The van der Waals surface area contributed by atoms with Gasteiger partial charge in [0.15, 0.2) is 0 Å². The second-order valence-electron chi connectivity index (χ2n) is 9.56. The number of benzene rings is 1. The summed E-state index contributed by atoms with van der Waals surface area (Å²) in [7, 11) is 1.75. The van der Waals surface area contributed by atoms with E-state index < -0.39 is 6.04 Å². The lowest BCUT2D eigenvalue weighted by Crippen LogP contribution is -2.55. The second-order valence-corrected chi connectivity index (χ2v) is 9.56. The number of likely N-dealkylation sites (tertiary alicyclic amines) is 1. The van der Waals surface area contributed by atoms with Crippen LogP contribution >= 0.6 is 0 Å². The quantitative estimate of drug-likeness (QED) is 0.641. The molecule has 34 heavy (non-hydrogen) atoms. The molecule has 3 unspecified atom stereocenters. The molecule has 1 aromatic carbocycles. The van der Waals surface area contributed by atoms with E-state index >= 15 is 0 Å². The molecule has 2 fully saturated rings. The van der Waals surface area contributed by atoms with Crippen LogP contribution in [0.5, 0.6) is 0 Å². The molecule has 2 aromatic rings. The van der Waals surface area contributed by atoms with E-state index in [9.17, 15) is 14.0 Å². The molecule has 1 aliphatic heterocycles. The van der Waals surface area contributed by atoms with Crippen LogP contribution in [0.15, 0.2) is 42.6 Å². The number of likely N-dealkylation sites (N-methyl/N-ethyl adjacent to an activating group) is 1. The zero-order valence-electron chi connectivity index (χ0n) is 20.1. The summed E-state index contributed by atoms with van der Waals surface area (Å²) in [4.78, 5) is 33.2. The Kier molecular flexibility index (Phi) is 7.93. The summed E-state index contributed by atoms with van der Waals surface area (Å²) >= 11 is 0. The summed E-state index contributed by atoms with van der Waals surface area (Å²) in [5, 5.41) is 6.05. The van der Waals surface area contributed by atoms with Crippen molar-refractivity contribution in [3.63, 3.8) is 0 Å². The average molecular weight is 467 g/mol. The van der Waals surface area contributed by atoms with Crippen LogP contribution in [0.2, 0.25) is 0 Å². The maximum Gasteiger partial charge on any atom is 0.246 e. The Morgan fingerprint density at radius 2 is 1.76 bits per heavy atom. The van der Waals surface area contributed by atoms with Gasteiger partial charge in [0.2, 0.25) is 11.8 Å². The normalized spacial score (nSPS) is 20.7. The Morgan fingerprint density at radius 3 is 2.47 bits per heavy atom. The Balaban J connectivity index is 1.57. The van der Waals surface area contributed by atoms with Crippen molar-refractivity contribution in [3.05, 3.63) is 54.1 Å². The highest BCUT2D eigenvalue weighted by molar-refractivity contribution is 5.90. The number of nitrogens with zero attached hydrogens (tertiary/aromatic N) is 2. The van der Waals surface area contributed by atoms with Gasteiger partial charge in [-0.15, -0.1) is 0 Å². The first-order valence-corrected chi connectivity index (χ1v) is 12.5. The van der Waals surface area contributed by atoms with Crippen LogP contribution < -0.4 is 10.6 Å². The number of aromatic nitrogens is 1. The molecule has 3 atom stereocenters. The Labute approximate surface area is 201 Å². The van der Waals surface area contributed by atoms with Crippen molar-refractivity contribution in [2.45, 2.75) is 70.0 Å². The fourth-order valence-corrected chi connectivity index (χ4v) is 5.23. The van der Waals surface area contributed by atoms with E-state index in [1.165, 1.54) is 18.6 Å². The molecular weight excluding hydrogens is 431 g/mol. The number of amides is 2. The summed E-state index contributed by atoms with van der Waals surface area (Å²) in [6.07, 6.45) is 8.78. The van der Waals surface area contributed by atoms with Gasteiger partial charge < -0.3 is 15.5 Å². The molecule has 2 heterocycles. The molecule has 7 heteroatoms. The number of carbonyl (C=O) groups excluding carboxylic acids is 2. The van der Waals surface area contributed by atoms with E-state index in [-0.39, 0.29) is 35.6 Å². The van der Waals surface area contributed by atoms with E-state index in [0.717, 1.165) is 55.3 Å². The minimum absolute atomic E-state index is 0.0000355. The van der Waals surface area contributed by atoms with Gasteiger partial charge in [0.25, 0.3) is 0 Å². The zero-order valence-corrected chi connectivity index (χ0v) is 20.1. The zero-order chi connectivity index (χ0) is 24.1. The molecule has 2 amide bonds. The molecule has 182 valence electrons. The van der Waals surface area contributed by atoms with Crippen molar-refractivity contribution < 1.29 is 14.0 Å². The van der Waals surface area contributed by atoms with Gasteiger partial charge in [-0.05, 0) is 81.0 Å². The number of carbonyl (C=O) groups is 2. The van der Waals surface area contributed by atoms with Crippen LogP contribution in [-0.2, 0) is 9.59 Å². The molecule has 0 spiro atoms. The maximum atomic E-state index is 13.9. The van der Waals surface area contributed by atoms with Gasteiger partial charge in [-0.1, -0.05) is 31.4 Å². The molecular formula is C27H35FN4O2. The first kappa shape index (κ1) is 24.3. The standard InChI is InChI=1S/C27H35FN4O2/c1-18(29-2)26(33)31-25(20-7-4-3-5-8-20)27(34)32-16-6-9-24(32)23-17-21(14-15-30-23)19-10-12-22(28)13-11-19/h10-15,17-18,20,24-25,29H,3-9,16H2,1-2H3,(H,31,33). The molecule has 1 saturated carbocycles. The van der Waals surface area contributed by atoms with E-state index in [1.54, 1.807) is 32.3 Å². The number of hydrogen-bond donors (Lipinski definition) is 2. The molecule has 1 aliphatic carbocycles. The van der Waals surface area contributed by atoms with Gasteiger partial charge in [0.1, 0.15) is 11.9 Å². The van der Waals surface area contributed by atoms with Gasteiger partial charge in [-0.25, -0.2) is 4.39 Å². The highest BCUT2D eigenvalue weighted by Crippen LogP contribution is 2.35. The van der Waals surface area contributed by atoms with Crippen LogP contribution in [-0.4, -0.2) is 47.4 Å². The fraction of sp³-hybridized carbons (Fsp3) is 0.519. The smallest absolute Gasteiger partial charge is 0.246 e. The minimum atomic E-state index is -0.510. The molecule has 4 rings (SSSR count). The highest BCUT2D eigenvalue weighted by atomic mass is 19.1.